The van der Waals surface area contributed by atoms with Crippen LogP contribution < -0.4 is 0 Å². The van der Waals surface area contributed by atoms with Gasteiger partial charge in [0.15, 0.2) is 0 Å². The summed E-state index contributed by atoms with van der Waals surface area (Å²) in [6.07, 6.45) is 4.10. The quantitative estimate of drug-likeness (QED) is 0.804. The van der Waals surface area contributed by atoms with Crippen molar-refractivity contribution < 1.29 is 9.90 Å². The third-order valence-electron chi connectivity index (χ3n) is 4.02. The standard InChI is InChI=1S/C14H27NO2/c1-11(2)7-8-14(4,13(16)17)15-9-5-6-12(3)10-15/h11-12H,5-10H2,1-4H3,(H,16,17). The Morgan fingerprint density at radius 1 is 1.53 bits per heavy atom. The fourth-order valence-electron chi connectivity index (χ4n) is 2.61. The predicted octanol–water partition coefficient (Wildman–Crippen LogP) is 3.00. The molecule has 3 nitrogen and oxygen atoms in total. The summed E-state index contributed by atoms with van der Waals surface area (Å²) in [5, 5.41) is 9.54. The van der Waals surface area contributed by atoms with Gasteiger partial charge >= 0.3 is 5.97 Å². The zero-order valence-electron chi connectivity index (χ0n) is 11.7. The van der Waals surface area contributed by atoms with Crippen LogP contribution in [0.1, 0.15) is 53.4 Å². The van der Waals surface area contributed by atoms with E-state index >= 15 is 0 Å². The van der Waals surface area contributed by atoms with Gasteiger partial charge in [0.1, 0.15) is 5.54 Å². The number of aliphatic carboxylic acids is 1. The highest BCUT2D eigenvalue weighted by molar-refractivity contribution is 5.78. The van der Waals surface area contributed by atoms with Crippen molar-refractivity contribution in [2.75, 3.05) is 13.1 Å². The van der Waals surface area contributed by atoms with Gasteiger partial charge < -0.3 is 5.11 Å². The highest BCUT2D eigenvalue weighted by atomic mass is 16.4. The van der Waals surface area contributed by atoms with E-state index in [-0.39, 0.29) is 0 Å². The molecule has 100 valence electrons. The molecule has 0 saturated carbocycles. The molecule has 1 heterocycles. The van der Waals surface area contributed by atoms with E-state index in [0.717, 1.165) is 32.4 Å². The van der Waals surface area contributed by atoms with Crippen molar-refractivity contribution in [2.45, 2.75) is 58.9 Å². The second-order valence-corrected chi connectivity index (χ2v) is 6.20. The molecule has 1 fully saturated rings. The highest BCUT2D eigenvalue weighted by Gasteiger charge is 2.40. The lowest BCUT2D eigenvalue weighted by Gasteiger charge is -2.42. The van der Waals surface area contributed by atoms with Crippen LogP contribution in [0.15, 0.2) is 0 Å². The smallest absolute Gasteiger partial charge is 0.323 e. The van der Waals surface area contributed by atoms with Crippen molar-refractivity contribution >= 4 is 5.97 Å². The Labute approximate surface area is 105 Å². The first-order chi connectivity index (χ1) is 7.86. The lowest BCUT2D eigenvalue weighted by Crippen LogP contribution is -2.55. The van der Waals surface area contributed by atoms with Gasteiger partial charge in [-0.1, -0.05) is 20.8 Å². The molecule has 0 aliphatic carbocycles. The molecule has 3 heteroatoms. The maximum absolute atomic E-state index is 11.6. The van der Waals surface area contributed by atoms with Crippen LogP contribution in [0.3, 0.4) is 0 Å². The van der Waals surface area contributed by atoms with E-state index in [0.29, 0.717) is 11.8 Å². The minimum atomic E-state index is -0.668. The van der Waals surface area contributed by atoms with Crippen LogP contribution in [0.4, 0.5) is 0 Å². The first-order valence-corrected chi connectivity index (χ1v) is 6.84. The molecule has 0 aromatic rings. The summed E-state index contributed by atoms with van der Waals surface area (Å²) >= 11 is 0. The molecule has 17 heavy (non-hydrogen) atoms. The third kappa shape index (κ3) is 3.70. The van der Waals surface area contributed by atoms with Gasteiger partial charge in [-0.25, -0.2) is 0 Å². The number of rotatable bonds is 5. The SMILES string of the molecule is CC(C)CCC(C)(C(=O)O)N1CCCC(C)C1. The summed E-state index contributed by atoms with van der Waals surface area (Å²) in [4.78, 5) is 13.8. The Morgan fingerprint density at radius 2 is 2.18 bits per heavy atom. The van der Waals surface area contributed by atoms with Crippen LogP contribution in [0.5, 0.6) is 0 Å². The van der Waals surface area contributed by atoms with E-state index in [1.165, 1.54) is 6.42 Å². The summed E-state index contributed by atoms with van der Waals surface area (Å²) in [6, 6.07) is 0. The van der Waals surface area contributed by atoms with E-state index < -0.39 is 11.5 Å². The van der Waals surface area contributed by atoms with Gasteiger partial charge in [0, 0.05) is 6.54 Å². The molecule has 1 aliphatic rings. The van der Waals surface area contributed by atoms with E-state index in [1.807, 2.05) is 6.92 Å². The molecule has 2 atom stereocenters. The summed E-state index contributed by atoms with van der Waals surface area (Å²) in [5.41, 5.74) is -0.668. The van der Waals surface area contributed by atoms with Crippen molar-refractivity contribution in [3.63, 3.8) is 0 Å². The Morgan fingerprint density at radius 3 is 2.65 bits per heavy atom. The first kappa shape index (κ1) is 14.5. The minimum absolute atomic E-state index is 0.566. The molecule has 0 amide bonds. The Hall–Kier alpha value is -0.570. The van der Waals surface area contributed by atoms with Crippen molar-refractivity contribution in [2.24, 2.45) is 11.8 Å². The van der Waals surface area contributed by atoms with Gasteiger partial charge in [-0.2, -0.15) is 0 Å². The number of likely N-dealkylation sites (tertiary alicyclic amines) is 1. The lowest BCUT2D eigenvalue weighted by molar-refractivity contribution is -0.152. The van der Waals surface area contributed by atoms with E-state index in [4.69, 9.17) is 0 Å². The Balaban J connectivity index is 2.72. The largest absolute Gasteiger partial charge is 0.480 e. The zero-order chi connectivity index (χ0) is 13.1. The fourth-order valence-corrected chi connectivity index (χ4v) is 2.61. The van der Waals surface area contributed by atoms with Gasteiger partial charge in [0.25, 0.3) is 0 Å². The number of hydrogen-bond donors (Lipinski definition) is 1. The molecular weight excluding hydrogens is 214 g/mol. The monoisotopic (exact) mass is 241 g/mol. The van der Waals surface area contributed by atoms with Crippen LogP contribution in [0, 0.1) is 11.8 Å². The Kier molecular flexibility index (Phi) is 4.99. The molecule has 1 saturated heterocycles. The molecule has 0 aromatic heterocycles. The third-order valence-corrected chi connectivity index (χ3v) is 4.02. The van der Waals surface area contributed by atoms with Crippen molar-refractivity contribution in [3.05, 3.63) is 0 Å². The maximum Gasteiger partial charge on any atom is 0.323 e. The summed E-state index contributed by atoms with van der Waals surface area (Å²) in [7, 11) is 0. The predicted molar refractivity (Wildman–Crippen MR) is 70.1 cm³/mol. The molecule has 0 aromatic carbocycles. The van der Waals surface area contributed by atoms with E-state index in [9.17, 15) is 9.90 Å². The molecule has 0 spiro atoms. The van der Waals surface area contributed by atoms with Crippen molar-refractivity contribution in [1.82, 2.24) is 4.90 Å². The second kappa shape index (κ2) is 5.85. The lowest BCUT2D eigenvalue weighted by atomic mass is 9.87. The second-order valence-electron chi connectivity index (χ2n) is 6.20. The van der Waals surface area contributed by atoms with Gasteiger partial charge in [-0.15, -0.1) is 0 Å². The number of nitrogens with zero attached hydrogens (tertiary/aromatic N) is 1. The maximum atomic E-state index is 11.6. The summed E-state index contributed by atoms with van der Waals surface area (Å²) in [6.45, 7) is 10.3. The van der Waals surface area contributed by atoms with Gasteiger partial charge in [-0.3, -0.25) is 9.69 Å². The molecule has 1 rings (SSSR count). The average Bonchev–Trinajstić information content (AvgIpc) is 2.25. The average molecular weight is 241 g/mol. The number of carboxylic acids is 1. The van der Waals surface area contributed by atoms with Crippen molar-refractivity contribution in [1.29, 1.82) is 0 Å². The highest BCUT2D eigenvalue weighted by Crippen LogP contribution is 2.29. The number of carbonyl (C=O) groups is 1. The molecular formula is C14H27NO2. The minimum Gasteiger partial charge on any atom is -0.480 e. The van der Waals surface area contributed by atoms with Crippen LogP contribution in [-0.2, 0) is 4.79 Å². The van der Waals surface area contributed by atoms with E-state index in [1.54, 1.807) is 0 Å². The number of piperidine rings is 1. The topological polar surface area (TPSA) is 40.5 Å². The first-order valence-electron chi connectivity index (χ1n) is 6.84. The van der Waals surface area contributed by atoms with Crippen LogP contribution in [-0.4, -0.2) is 34.6 Å². The zero-order valence-corrected chi connectivity index (χ0v) is 11.7. The normalized spacial score (nSPS) is 25.8. The molecule has 0 bridgehead atoms. The van der Waals surface area contributed by atoms with E-state index in [2.05, 4.69) is 25.7 Å². The number of hydrogen-bond acceptors (Lipinski definition) is 2. The van der Waals surface area contributed by atoms with Gasteiger partial charge in [0.2, 0.25) is 0 Å². The molecule has 0 radical (unpaired) electrons. The van der Waals surface area contributed by atoms with Crippen molar-refractivity contribution in [3.8, 4) is 0 Å². The molecule has 2 unspecified atom stereocenters. The summed E-state index contributed by atoms with van der Waals surface area (Å²) in [5.74, 6) is 0.532. The number of carboxylic acid groups (broad SMARTS) is 1. The summed E-state index contributed by atoms with van der Waals surface area (Å²) < 4.78 is 0. The van der Waals surface area contributed by atoms with Crippen LogP contribution in [0.25, 0.3) is 0 Å². The van der Waals surface area contributed by atoms with Crippen LogP contribution >= 0.6 is 0 Å². The molecule has 1 aliphatic heterocycles. The molecule has 1 N–H and O–H groups in total. The van der Waals surface area contributed by atoms with Crippen LogP contribution in [0.2, 0.25) is 0 Å². The van der Waals surface area contributed by atoms with Gasteiger partial charge in [0.05, 0.1) is 0 Å². The van der Waals surface area contributed by atoms with Gasteiger partial charge in [-0.05, 0) is 51.0 Å². The fraction of sp³-hybridized carbons (Fsp3) is 0.929. The Bertz CT molecular complexity index is 265.